The Labute approximate surface area is 792 Å². The van der Waals surface area contributed by atoms with Crippen LogP contribution < -0.4 is 49.1 Å². The van der Waals surface area contributed by atoms with E-state index in [2.05, 4.69) is 16.0 Å². The summed E-state index contributed by atoms with van der Waals surface area (Å²) >= 11 is 4.69. The number of benzene rings is 10. The number of nitrogens with one attached hydrogen (secondary N) is 3. The van der Waals surface area contributed by atoms with Gasteiger partial charge in [0.15, 0.2) is 0 Å². The number of thioether (sulfide) groups is 4. The highest BCUT2D eigenvalue weighted by Gasteiger charge is 2.27. The zero-order valence-electron chi connectivity index (χ0n) is 77.9. The molecule has 29 heteroatoms. The molecule has 132 heavy (non-hydrogen) atoms. The zero-order valence-corrected chi connectivity index (χ0v) is 81.2. The molecule has 0 heterocycles. The normalized spacial score (nSPS) is 10.9. The maximum atomic E-state index is 12.0. The van der Waals surface area contributed by atoms with Gasteiger partial charge in [0.2, 0.25) is 34.0 Å². The van der Waals surface area contributed by atoms with Gasteiger partial charge in [0.25, 0.3) is 15.7 Å². The average Bonchev–Trinajstić information content (AvgIpc) is 0.897. The first kappa shape index (κ1) is 108. The molecule has 0 saturated heterocycles. The second kappa shape index (κ2) is 56.2. The summed E-state index contributed by atoms with van der Waals surface area (Å²) < 4.78 is 68.4. The lowest BCUT2D eigenvalue weighted by Gasteiger charge is -2.16. The number of aryl methyl sites for hydroxylation is 1. The number of esters is 5. The summed E-state index contributed by atoms with van der Waals surface area (Å²) in [6, 6.07) is 80.6. The van der Waals surface area contributed by atoms with Crippen LogP contribution in [0.4, 0.5) is 30.6 Å². The van der Waals surface area contributed by atoms with Crippen molar-refractivity contribution in [3.8, 4) is 40.2 Å². The Bertz CT molecular complexity index is 5010. The third-order valence-corrected chi connectivity index (χ3v) is 20.9. The van der Waals surface area contributed by atoms with E-state index in [9.17, 15) is 43.2 Å². The molecule has 0 aromatic heterocycles. The van der Waals surface area contributed by atoms with E-state index in [1.165, 1.54) is 40.8 Å². The number of carbonyl (C=O) groups is 9. The van der Waals surface area contributed by atoms with E-state index in [-0.39, 0.29) is 91.4 Å². The van der Waals surface area contributed by atoms with Gasteiger partial charge in [-0.05, 0) is 271 Å². The molecule has 704 valence electrons. The lowest BCUT2D eigenvalue weighted by Crippen LogP contribution is -2.24. The Morgan fingerprint density at radius 2 is 0.515 bits per heavy atom. The van der Waals surface area contributed by atoms with Gasteiger partial charge >= 0.3 is 35.1 Å². The summed E-state index contributed by atoms with van der Waals surface area (Å²) in [5, 5.41) is 7.91. The fraction of sp³-hybridized carbons (Fsp3) is 0.330. The molecule has 0 aliphatic rings. The minimum atomic E-state index is -0.559. The minimum Gasteiger partial charge on any atom is -0.497 e. The van der Waals surface area contributed by atoms with Gasteiger partial charge in [0.05, 0.1) is 34.2 Å². The number of rotatable bonds is 33. The molecule has 0 bridgehead atoms. The molecule has 25 nitrogen and oxygen atoms in total. The summed E-state index contributed by atoms with van der Waals surface area (Å²) in [4.78, 5) is 106. The molecule has 3 N–H and O–H groups in total. The van der Waals surface area contributed by atoms with E-state index in [1.54, 1.807) is 184 Å². The van der Waals surface area contributed by atoms with Gasteiger partial charge in [-0.2, -0.15) is 0 Å². The van der Waals surface area contributed by atoms with Gasteiger partial charge in [-0.1, -0.05) is 193 Å². The van der Waals surface area contributed by atoms with Crippen LogP contribution in [0.5, 0.6) is 40.2 Å². The van der Waals surface area contributed by atoms with Crippen LogP contribution >= 0.6 is 47.0 Å². The Kier molecular flexibility index (Phi) is 46.1. The van der Waals surface area contributed by atoms with Gasteiger partial charge in [-0.3, -0.25) is 38.4 Å². The van der Waals surface area contributed by atoms with Crippen LogP contribution in [0.15, 0.2) is 261 Å². The molecular formula is C103H121N3O22S4. The average molecular weight is 1880 g/mol. The van der Waals surface area contributed by atoms with E-state index in [4.69, 9.17) is 61.6 Å². The molecule has 0 spiro atoms. The quantitative estimate of drug-likeness (QED) is 0.0195. The highest BCUT2D eigenvalue weighted by molar-refractivity contribution is 8.13. The number of hydrogen-bond donors (Lipinski definition) is 3. The lowest BCUT2D eigenvalue weighted by molar-refractivity contribution is -0.160. The van der Waals surface area contributed by atoms with Crippen molar-refractivity contribution in [2.45, 2.75) is 154 Å². The molecule has 0 aliphatic heterocycles. The molecule has 0 fully saturated rings. The maximum Gasteiger partial charge on any atom is 0.367 e. The second-order valence-corrected chi connectivity index (χ2v) is 38.0. The predicted molar refractivity (Wildman–Crippen MR) is 521 cm³/mol. The fourth-order valence-corrected chi connectivity index (χ4v) is 12.4. The van der Waals surface area contributed by atoms with Crippen LogP contribution in [0.1, 0.15) is 148 Å². The smallest absolute Gasteiger partial charge is 0.367 e. The van der Waals surface area contributed by atoms with Crippen LogP contribution in [0, 0.1) is 34.0 Å². The number of methoxy groups -OCH3 is 1. The summed E-state index contributed by atoms with van der Waals surface area (Å²) in [6.45, 7) is 29.6. The predicted octanol–water partition coefficient (Wildman–Crippen LogP) is 24.6. The van der Waals surface area contributed by atoms with Crippen LogP contribution in [0.2, 0.25) is 0 Å². The number of anilines is 2. The molecule has 10 aromatic rings. The topological polar surface area (TPSA) is 310 Å². The van der Waals surface area contributed by atoms with Gasteiger partial charge < -0.3 is 77.5 Å². The summed E-state index contributed by atoms with van der Waals surface area (Å²) in [6.07, 6.45) is 0. The number of carbonyl (C=O) groups excluding carboxylic acids is 9. The van der Waals surface area contributed by atoms with Gasteiger partial charge in [-0.15, -0.1) is 0 Å². The molecule has 10 rings (SSSR count). The van der Waals surface area contributed by atoms with Crippen molar-refractivity contribution in [3.63, 3.8) is 0 Å². The second-order valence-electron chi connectivity index (χ2n) is 34.3. The van der Waals surface area contributed by atoms with E-state index in [1.807, 2.05) is 195 Å². The molecule has 3 amide bonds. The lowest BCUT2D eigenvalue weighted by atomic mass is 9.97. The van der Waals surface area contributed by atoms with Crippen molar-refractivity contribution in [1.82, 2.24) is 5.32 Å². The first-order valence-electron chi connectivity index (χ1n) is 42.1. The SMILES string of the molecule is CC(C)(C)C(=O)OCOc1ccc(CSC(=O)NCc2ccccc2)cc1.CC(C)(C)C(=O)OCOc1ccc(CSC(=O)Nc2ccccc2)cc1.CC(C)(C)C(=O)OCOc1ccc(CSC(=O)OCc2ccccc2)cc1.COc1ccc(NC(=O)SCc2ccc(OCOC(=O)C(C)(C)C)cc2)cc1.Cc1ccc(OCc2ccc(OCOC(=O)C(C)(C)C)cc2)cc1. The number of para-hydroxylation sites is 1. The molecule has 0 unspecified atom stereocenters. The molecule has 10 aromatic carbocycles. The maximum absolute atomic E-state index is 12.0. The summed E-state index contributed by atoms with van der Waals surface area (Å²) in [5.41, 5.74) is 6.97. The third-order valence-electron chi connectivity index (χ3n) is 17.5. The number of amides is 3. The van der Waals surface area contributed by atoms with E-state index < -0.39 is 27.1 Å². The van der Waals surface area contributed by atoms with Crippen molar-refractivity contribution < 1.29 is 105 Å². The first-order chi connectivity index (χ1) is 62.6. The van der Waals surface area contributed by atoms with Crippen LogP contribution in [0.3, 0.4) is 0 Å². The summed E-state index contributed by atoms with van der Waals surface area (Å²) in [5.74, 6) is 5.26. The van der Waals surface area contributed by atoms with E-state index in [0.717, 1.165) is 67.9 Å². The van der Waals surface area contributed by atoms with Crippen LogP contribution in [-0.2, 0) is 95.2 Å². The van der Waals surface area contributed by atoms with E-state index >= 15 is 0 Å². The summed E-state index contributed by atoms with van der Waals surface area (Å²) in [7, 11) is 1.60. The standard InChI is InChI=1S/C21H25NO5S.C21H25NO4S.C21H24O5S.C20H23NO4S.C20H24O4/c1-21(2,3)19(23)27-14-26-18-9-5-15(6-10-18)13-28-20(24)22-16-7-11-17(25-4)12-8-16;1-21(2,3)19(23)26-15-25-18-11-9-17(10-12-18)14-27-20(24)22-13-16-7-5-4-6-8-16;1-21(2,3)19(22)26-15-25-18-11-9-17(10-12-18)14-27-20(23)24-13-16-7-5-4-6-8-16;1-20(2,3)18(22)25-14-24-17-11-9-15(10-12-17)13-26-19(23)21-16-7-5-4-6-8-16;1-15-5-9-17(10-6-15)22-13-16-7-11-18(12-8-16)23-14-24-19(21)20(2,3)4/h5-12H,13-14H2,1-4H3,(H,22,24);4-12H,13-15H2,1-3H3,(H,22,24);4-12H,13-15H2,1-3H3;4-12H,13-14H2,1-3H3,(H,21,23);5-12H,13-14H2,1-4H3. The van der Waals surface area contributed by atoms with Gasteiger partial charge in [0, 0.05) is 40.9 Å². The molecule has 0 saturated carbocycles. The highest BCUT2D eigenvalue weighted by Crippen LogP contribution is 2.28. The number of hydrogen-bond acceptors (Lipinski definition) is 26. The molecule has 0 aliphatic carbocycles. The van der Waals surface area contributed by atoms with Crippen molar-refractivity contribution >= 4 is 109 Å². The third kappa shape index (κ3) is 45.8. The monoisotopic (exact) mass is 1880 g/mol. The highest BCUT2D eigenvalue weighted by atomic mass is 32.2. The van der Waals surface area contributed by atoms with Crippen molar-refractivity contribution in [2.24, 2.45) is 27.1 Å². The number of ether oxygens (including phenoxy) is 13. The van der Waals surface area contributed by atoms with Crippen LogP contribution in [-0.4, -0.2) is 91.9 Å². The Hall–Kier alpha value is -12.6. The Morgan fingerprint density at radius 3 is 0.833 bits per heavy atom. The van der Waals surface area contributed by atoms with Gasteiger partial charge in [0.1, 0.15) is 53.5 Å². The largest absolute Gasteiger partial charge is 0.497 e. The first-order valence-corrected chi connectivity index (χ1v) is 46.1. The zero-order chi connectivity index (χ0) is 96.5. The molecule has 0 radical (unpaired) electrons. The minimum absolute atomic E-state index is 0.0618. The fourth-order valence-electron chi connectivity index (χ4n) is 9.72. The van der Waals surface area contributed by atoms with E-state index in [0.29, 0.717) is 70.6 Å². The van der Waals surface area contributed by atoms with Crippen molar-refractivity contribution in [2.75, 3.05) is 51.7 Å². The van der Waals surface area contributed by atoms with Crippen molar-refractivity contribution in [3.05, 3.63) is 305 Å². The Morgan fingerprint density at radius 1 is 0.258 bits per heavy atom. The van der Waals surface area contributed by atoms with Crippen molar-refractivity contribution in [1.29, 1.82) is 0 Å². The molecule has 0 atom stereocenters. The Balaban J connectivity index is 0.000000254. The van der Waals surface area contributed by atoms with Gasteiger partial charge in [-0.25, -0.2) is 4.79 Å². The van der Waals surface area contributed by atoms with Crippen LogP contribution in [0.25, 0.3) is 0 Å². The molecular weight excluding hydrogens is 1760 g/mol.